The van der Waals surface area contributed by atoms with E-state index in [-0.39, 0.29) is 0 Å². The first-order chi connectivity index (χ1) is 12.7. The molecule has 3 heterocycles. The van der Waals surface area contributed by atoms with Gasteiger partial charge in [0.2, 0.25) is 11.8 Å². The van der Waals surface area contributed by atoms with E-state index < -0.39 is 0 Å². The molecule has 4 aromatic rings. The van der Waals surface area contributed by atoms with Gasteiger partial charge in [-0.2, -0.15) is 0 Å². The molecule has 132 valence electrons. The first kappa shape index (κ1) is 16.6. The van der Waals surface area contributed by atoms with E-state index in [1.54, 1.807) is 13.2 Å². The van der Waals surface area contributed by atoms with Crippen molar-refractivity contribution in [3.8, 4) is 11.4 Å². The van der Waals surface area contributed by atoms with Crippen molar-refractivity contribution in [3.05, 3.63) is 65.8 Å². The van der Waals surface area contributed by atoms with Crippen LogP contribution >= 0.6 is 11.8 Å². The van der Waals surface area contributed by atoms with Gasteiger partial charge in [0, 0.05) is 12.5 Å². The third kappa shape index (κ3) is 3.41. The van der Waals surface area contributed by atoms with E-state index in [4.69, 9.17) is 8.83 Å². The fourth-order valence-corrected chi connectivity index (χ4v) is 3.42. The summed E-state index contributed by atoms with van der Waals surface area (Å²) in [5, 5.41) is 17.5. The highest BCUT2D eigenvalue weighted by Crippen LogP contribution is 2.28. The van der Waals surface area contributed by atoms with Gasteiger partial charge < -0.3 is 8.83 Å². The Morgan fingerprint density at radius 3 is 2.62 bits per heavy atom. The summed E-state index contributed by atoms with van der Waals surface area (Å²) in [6.45, 7) is 4.39. The molecule has 26 heavy (non-hydrogen) atoms. The van der Waals surface area contributed by atoms with Crippen LogP contribution in [0.25, 0.3) is 11.4 Å². The average Bonchev–Trinajstić information content (AvgIpc) is 3.37. The van der Waals surface area contributed by atoms with Crippen LogP contribution in [0.5, 0.6) is 0 Å². The average molecular weight is 367 g/mol. The van der Waals surface area contributed by atoms with Gasteiger partial charge in [0.15, 0.2) is 11.0 Å². The predicted octanol–water partition coefficient (Wildman–Crippen LogP) is 3.88. The molecule has 8 heteroatoms. The molecule has 0 atom stereocenters. The summed E-state index contributed by atoms with van der Waals surface area (Å²) >= 11 is 1.51. The maximum absolute atomic E-state index is 5.52. The molecule has 7 nitrogen and oxygen atoms in total. The maximum Gasteiger partial charge on any atom is 0.226 e. The lowest BCUT2D eigenvalue weighted by atomic mass is 10.1. The van der Waals surface area contributed by atoms with E-state index in [0.717, 1.165) is 27.9 Å². The van der Waals surface area contributed by atoms with E-state index in [1.807, 2.05) is 30.3 Å². The number of benzene rings is 1. The predicted molar refractivity (Wildman–Crippen MR) is 96.6 cm³/mol. The number of hydrogen-bond acceptors (Lipinski definition) is 7. The molecular weight excluding hydrogens is 350 g/mol. The summed E-state index contributed by atoms with van der Waals surface area (Å²) in [6, 6.07) is 11.9. The lowest BCUT2D eigenvalue weighted by molar-refractivity contribution is 0.482. The molecule has 0 fully saturated rings. The quantitative estimate of drug-likeness (QED) is 0.478. The summed E-state index contributed by atoms with van der Waals surface area (Å²) in [5.41, 5.74) is 2.19. The molecule has 3 aromatic heterocycles. The van der Waals surface area contributed by atoms with Crippen molar-refractivity contribution < 1.29 is 8.83 Å². The zero-order valence-electron chi connectivity index (χ0n) is 14.4. The number of hydrogen-bond donors (Lipinski definition) is 0. The minimum Gasteiger partial charge on any atom is -0.467 e. The highest BCUT2D eigenvalue weighted by molar-refractivity contribution is 7.98. The summed E-state index contributed by atoms with van der Waals surface area (Å²) < 4.78 is 13.0. The van der Waals surface area contributed by atoms with Gasteiger partial charge in [0.1, 0.15) is 5.76 Å². The van der Waals surface area contributed by atoms with Crippen molar-refractivity contribution in [2.75, 3.05) is 0 Å². The molecule has 0 radical (unpaired) electrons. The van der Waals surface area contributed by atoms with Gasteiger partial charge in [-0.1, -0.05) is 36.0 Å². The number of furan rings is 1. The molecule has 0 aliphatic rings. The topological polar surface area (TPSA) is 82.8 Å². The van der Waals surface area contributed by atoms with Gasteiger partial charge in [-0.3, -0.25) is 4.57 Å². The van der Waals surface area contributed by atoms with E-state index in [1.165, 1.54) is 11.8 Å². The van der Waals surface area contributed by atoms with Crippen LogP contribution in [-0.2, 0) is 12.3 Å². The van der Waals surface area contributed by atoms with Crippen LogP contribution in [0.3, 0.4) is 0 Å². The molecule has 4 rings (SSSR count). The molecule has 0 saturated carbocycles. The first-order valence-corrected chi connectivity index (χ1v) is 9.12. The standard InChI is InChI=1S/C18H17N5O2S/c1-12-6-3-4-8-15(12)17-21-22-18(23(17)10-14-7-5-9-24-14)26-11-16-20-19-13(2)25-16/h3-9H,10-11H2,1-2H3. The number of nitrogens with zero attached hydrogens (tertiary/aromatic N) is 5. The van der Waals surface area contributed by atoms with Crippen LogP contribution in [-0.4, -0.2) is 25.0 Å². The first-order valence-electron chi connectivity index (χ1n) is 8.14. The molecule has 0 amide bonds. The Morgan fingerprint density at radius 2 is 1.88 bits per heavy atom. The van der Waals surface area contributed by atoms with Crippen LogP contribution in [0.15, 0.2) is 56.7 Å². The van der Waals surface area contributed by atoms with Gasteiger partial charge in [-0.25, -0.2) is 0 Å². The van der Waals surface area contributed by atoms with E-state index >= 15 is 0 Å². The normalized spacial score (nSPS) is 11.2. The Balaban J connectivity index is 1.68. The third-order valence-electron chi connectivity index (χ3n) is 3.89. The minimum atomic E-state index is 0.533. The van der Waals surface area contributed by atoms with Gasteiger partial charge >= 0.3 is 0 Å². The molecule has 0 aliphatic heterocycles. The zero-order chi connectivity index (χ0) is 17.9. The number of aryl methyl sites for hydroxylation is 2. The van der Waals surface area contributed by atoms with Crippen LogP contribution < -0.4 is 0 Å². The van der Waals surface area contributed by atoms with Crippen LogP contribution in [0.4, 0.5) is 0 Å². The monoisotopic (exact) mass is 367 g/mol. The smallest absolute Gasteiger partial charge is 0.226 e. The van der Waals surface area contributed by atoms with Crippen molar-refractivity contribution in [1.29, 1.82) is 0 Å². The molecule has 0 saturated heterocycles. The van der Waals surface area contributed by atoms with Crippen molar-refractivity contribution in [1.82, 2.24) is 25.0 Å². The van der Waals surface area contributed by atoms with Crippen molar-refractivity contribution in [3.63, 3.8) is 0 Å². The van der Waals surface area contributed by atoms with Crippen molar-refractivity contribution >= 4 is 11.8 Å². The van der Waals surface area contributed by atoms with Crippen LogP contribution in [0.1, 0.15) is 23.1 Å². The second-order valence-electron chi connectivity index (χ2n) is 5.79. The van der Waals surface area contributed by atoms with Crippen LogP contribution in [0, 0.1) is 13.8 Å². The highest BCUT2D eigenvalue weighted by atomic mass is 32.2. The van der Waals surface area contributed by atoms with Gasteiger partial charge in [-0.15, -0.1) is 20.4 Å². The second-order valence-corrected chi connectivity index (χ2v) is 6.73. The summed E-state index contributed by atoms with van der Waals surface area (Å²) in [6.07, 6.45) is 1.67. The zero-order valence-corrected chi connectivity index (χ0v) is 15.2. The summed E-state index contributed by atoms with van der Waals surface area (Å²) in [5.74, 6) is 3.31. The van der Waals surface area contributed by atoms with Gasteiger partial charge in [0.05, 0.1) is 18.6 Å². The van der Waals surface area contributed by atoms with Crippen molar-refractivity contribution in [2.45, 2.75) is 31.3 Å². The van der Waals surface area contributed by atoms with Gasteiger partial charge in [0.25, 0.3) is 0 Å². The second kappa shape index (κ2) is 7.17. The molecule has 1 aromatic carbocycles. The number of aromatic nitrogens is 5. The Bertz CT molecular complexity index is 1010. The van der Waals surface area contributed by atoms with E-state index in [2.05, 4.69) is 38.0 Å². The van der Waals surface area contributed by atoms with Crippen molar-refractivity contribution in [2.24, 2.45) is 0 Å². The fourth-order valence-electron chi connectivity index (χ4n) is 2.64. The molecular formula is C18H17N5O2S. The molecule has 0 spiro atoms. The minimum absolute atomic E-state index is 0.533. The Hall–Kier alpha value is -2.87. The number of rotatable bonds is 6. The summed E-state index contributed by atoms with van der Waals surface area (Å²) in [7, 11) is 0. The summed E-state index contributed by atoms with van der Waals surface area (Å²) in [4.78, 5) is 0. The SMILES string of the molecule is Cc1nnc(CSc2nnc(-c3ccccc3C)n2Cc2ccco2)o1. The lowest BCUT2D eigenvalue weighted by Crippen LogP contribution is -2.04. The van der Waals surface area contributed by atoms with Gasteiger partial charge in [-0.05, 0) is 24.6 Å². The lowest BCUT2D eigenvalue weighted by Gasteiger charge is -2.10. The highest BCUT2D eigenvalue weighted by Gasteiger charge is 2.18. The largest absolute Gasteiger partial charge is 0.467 e. The Labute approximate surface area is 154 Å². The Kier molecular flexibility index (Phi) is 4.57. The van der Waals surface area contributed by atoms with Crippen LogP contribution in [0.2, 0.25) is 0 Å². The molecule has 0 bridgehead atoms. The molecule has 0 N–H and O–H groups in total. The Morgan fingerprint density at radius 1 is 1.00 bits per heavy atom. The maximum atomic E-state index is 5.52. The number of thioether (sulfide) groups is 1. The van der Waals surface area contributed by atoms with E-state index in [9.17, 15) is 0 Å². The molecule has 0 unspecified atom stereocenters. The third-order valence-corrected chi connectivity index (χ3v) is 4.84. The van der Waals surface area contributed by atoms with E-state index in [0.29, 0.717) is 24.1 Å². The fraction of sp³-hybridized carbons (Fsp3) is 0.222. The molecule has 0 aliphatic carbocycles.